The van der Waals surface area contributed by atoms with Gasteiger partial charge in [-0.25, -0.2) is 0 Å². The first kappa shape index (κ1) is 14.4. The molecule has 1 spiro atoms. The number of ether oxygens (including phenoxy) is 1. The summed E-state index contributed by atoms with van der Waals surface area (Å²) in [6.45, 7) is 4.69. The van der Waals surface area contributed by atoms with Gasteiger partial charge in [-0.15, -0.1) is 0 Å². The molecule has 2 unspecified atom stereocenters. The molecular weight excluding hydrogens is 316 g/mol. The highest BCUT2D eigenvalue weighted by molar-refractivity contribution is 9.10. The van der Waals surface area contributed by atoms with E-state index in [1.54, 1.807) is 0 Å². The average molecular weight is 339 g/mol. The van der Waals surface area contributed by atoms with Crippen molar-refractivity contribution in [2.75, 3.05) is 0 Å². The Morgan fingerprint density at radius 2 is 2.00 bits per heavy atom. The normalized spacial score (nSPS) is 32.3. The number of hydrogen-bond donors (Lipinski definition) is 1. The SMILES string of the molecule is CC1(C)CCCC2(CC1)CC(O)c1ccc(Br)cc1O2. The van der Waals surface area contributed by atoms with Crippen LogP contribution in [0.1, 0.15) is 64.0 Å². The van der Waals surface area contributed by atoms with Crippen LogP contribution >= 0.6 is 15.9 Å². The lowest BCUT2D eigenvalue weighted by Gasteiger charge is -2.41. The predicted molar refractivity (Wildman–Crippen MR) is 83.9 cm³/mol. The van der Waals surface area contributed by atoms with Crippen LogP contribution in [0.15, 0.2) is 22.7 Å². The van der Waals surface area contributed by atoms with E-state index >= 15 is 0 Å². The van der Waals surface area contributed by atoms with Crippen molar-refractivity contribution in [1.82, 2.24) is 0 Å². The third-order valence-electron chi connectivity index (χ3n) is 4.97. The molecule has 1 heterocycles. The molecule has 1 fully saturated rings. The number of hydrogen-bond acceptors (Lipinski definition) is 2. The molecule has 2 aliphatic rings. The van der Waals surface area contributed by atoms with Crippen molar-refractivity contribution in [3.8, 4) is 5.75 Å². The van der Waals surface area contributed by atoms with Crippen LogP contribution < -0.4 is 4.74 Å². The van der Waals surface area contributed by atoms with Crippen molar-refractivity contribution in [3.63, 3.8) is 0 Å². The smallest absolute Gasteiger partial charge is 0.127 e. The number of benzene rings is 1. The van der Waals surface area contributed by atoms with Crippen molar-refractivity contribution >= 4 is 15.9 Å². The van der Waals surface area contributed by atoms with E-state index in [1.165, 1.54) is 19.3 Å². The van der Waals surface area contributed by atoms with Crippen molar-refractivity contribution in [2.45, 2.75) is 64.1 Å². The molecule has 0 radical (unpaired) electrons. The highest BCUT2D eigenvalue weighted by Crippen LogP contribution is 2.48. The fraction of sp³-hybridized carbons (Fsp3) is 0.647. The topological polar surface area (TPSA) is 29.5 Å². The van der Waals surface area contributed by atoms with Crippen LogP contribution in [-0.2, 0) is 0 Å². The van der Waals surface area contributed by atoms with Gasteiger partial charge in [-0.1, -0.05) is 35.8 Å². The van der Waals surface area contributed by atoms with Gasteiger partial charge in [0.05, 0.1) is 6.10 Å². The highest BCUT2D eigenvalue weighted by Gasteiger charge is 2.42. The Balaban J connectivity index is 1.90. The molecule has 1 saturated carbocycles. The molecular formula is C17H23BrO2. The second kappa shape index (κ2) is 5.03. The van der Waals surface area contributed by atoms with Gasteiger partial charge in [0.15, 0.2) is 0 Å². The quantitative estimate of drug-likeness (QED) is 0.721. The molecule has 110 valence electrons. The third kappa shape index (κ3) is 2.75. The van der Waals surface area contributed by atoms with E-state index in [1.807, 2.05) is 18.2 Å². The Hall–Kier alpha value is -0.540. The first-order chi connectivity index (χ1) is 9.39. The monoisotopic (exact) mass is 338 g/mol. The molecule has 0 saturated heterocycles. The lowest BCUT2D eigenvalue weighted by Crippen LogP contribution is -2.40. The zero-order valence-electron chi connectivity index (χ0n) is 12.3. The lowest BCUT2D eigenvalue weighted by molar-refractivity contribution is -0.0260. The Kier molecular flexibility index (Phi) is 3.62. The van der Waals surface area contributed by atoms with Crippen LogP contribution in [0.3, 0.4) is 0 Å². The number of halogens is 1. The number of aliphatic hydroxyl groups is 1. The van der Waals surface area contributed by atoms with Gasteiger partial charge in [-0.3, -0.25) is 0 Å². The largest absolute Gasteiger partial charge is 0.487 e. The van der Waals surface area contributed by atoms with Crippen LogP contribution in [0.4, 0.5) is 0 Å². The summed E-state index contributed by atoms with van der Waals surface area (Å²) in [6, 6.07) is 5.94. The second-order valence-electron chi connectivity index (χ2n) is 7.20. The highest BCUT2D eigenvalue weighted by atomic mass is 79.9. The molecule has 1 N–H and O–H groups in total. The van der Waals surface area contributed by atoms with Crippen LogP contribution in [0.5, 0.6) is 5.75 Å². The Morgan fingerprint density at radius 3 is 2.80 bits per heavy atom. The Morgan fingerprint density at radius 1 is 1.20 bits per heavy atom. The zero-order valence-corrected chi connectivity index (χ0v) is 13.9. The maximum absolute atomic E-state index is 10.5. The summed E-state index contributed by atoms with van der Waals surface area (Å²) in [5, 5.41) is 10.5. The molecule has 0 amide bonds. The number of fused-ring (bicyclic) bond motifs is 1. The summed E-state index contributed by atoms with van der Waals surface area (Å²) in [7, 11) is 0. The minimum Gasteiger partial charge on any atom is -0.487 e. The molecule has 1 aliphatic heterocycles. The van der Waals surface area contributed by atoms with Gasteiger partial charge in [0.2, 0.25) is 0 Å². The van der Waals surface area contributed by atoms with E-state index in [9.17, 15) is 5.11 Å². The molecule has 3 heteroatoms. The van der Waals surface area contributed by atoms with E-state index < -0.39 is 6.10 Å². The van der Waals surface area contributed by atoms with Gasteiger partial charge in [0, 0.05) is 16.5 Å². The van der Waals surface area contributed by atoms with Crippen LogP contribution in [0, 0.1) is 5.41 Å². The van der Waals surface area contributed by atoms with Crippen LogP contribution in [-0.4, -0.2) is 10.7 Å². The van der Waals surface area contributed by atoms with Crippen LogP contribution in [0.2, 0.25) is 0 Å². The van der Waals surface area contributed by atoms with Crippen molar-refractivity contribution in [2.24, 2.45) is 5.41 Å². The lowest BCUT2D eigenvalue weighted by atomic mass is 9.81. The average Bonchev–Trinajstić information content (AvgIpc) is 2.49. The van der Waals surface area contributed by atoms with E-state index in [4.69, 9.17) is 4.74 Å². The van der Waals surface area contributed by atoms with Gasteiger partial charge in [0.1, 0.15) is 11.4 Å². The van der Waals surface area contributed by atoms with Crippen molar-refractivity contribution < 1.29 is 9.84 Å². The molecule has 1 aliphatic carbocycles. The maximum Gasteiger partial charge on any atom is 0.127 e. The van der Waals surface area contributed by atoms with Crippen LogP contribution in [0.25, 0.3) is 0 Å². The van der Waals surface area contributed by atoms with Crippen molar-refractivity contribution in [3.05, 3.63) is 28.2 Å². The van der Waals surface area contributed by atoms with Gasteiger partial charge >= 0.3 is 0 Å². The fourth-order valence-electron chi connectivity index (χ4n) is 3.62. The Bertz CT molecular complexity index is 512. The molecule has 1 aromatic carbocycles. The van der Waals surface area contributed by atoms with Gasteiger partial charge in [-0.05, 0) is 49.7 Å². The fourth-order valence-corrected chi connectivity index (χ4v) is 3.96. The summed E-state index contributed by atoms with van der Waals surface area (Å²) in [6.07, 6.45) is 6.04. The van der Waals surface area contributed by atoms with E-state index in [0.29, 0.717) is 5.41 Å². The maximum atomic E-state index is 10.5. The summed E-state index contributed by atoms with van der Waals surface area (Å²) in [5.41, 5.74) is 1.17. The molecule has 3 rings (SSSR count). The van der Waals surface area contributed by atoms with E-state index in [2.05, 4.69) is 29.8 Å². The summed E-state index contributed by atoms with van der Waals surface area (Å²) in [5.74, 6) is 0.859. The van der Waals surface area contributed by atoms with Gasteiger partial charge < -0.3 is 9.84 Å². The second-order valence-corrected chi connectivity index (χ2v) is 8.12. The molecule has 2 nitrogen and oxygen atoms in total. The minimum absolute atomic E-state index is 0.166. The first-order valence-electron chi connectivity index (χ1n) is 7.56. The molecule has 0 bridgehead atoms. The first-order valence-corrected chi connectivity index (χ1v) is 8.35. The van der Waals surface area contributed by atoms with Gasteiger partial charge in [0.25, 0.3) is 0 Å². The number of aliphatic hydroxyl groups excluding tert-OH is 1. The summed E-state index contributed by atoms with van der Waals surface area (Å²) in [4.78, 5) is 0. The standard InChI is InChI=1S/C17H23BrO2/c1-16(2)6-3-7-17(9-8-16)11-14(19)13-5-4-12(18)10-15(13)20-17/h4-5,10,14,19H,3,6-9,11H2,1-2H3. The predicted octanol–water partition coefficient (Wildman–Crippen LogP) is 4.99. The van der Waals surface area contributed by atoms with Crippen molar-refractivity contribution in [1.29, 1.82) is 0 Å². The number of rotatable bonds is 0. The van der Waals surface area contributed by atoms with E-state index in [-0.39, 0.29) is 5.60 Å². The third-order valence-corrected chi connectivity index (χ3v) is 5.46. The summed E-state index contributed by atoms with van der Waals surface area (Å²) < 4.78 is 7.40. The molecule has 2 atom stereocenters. The molecule has 20 heavy (non-hydrogen) atoms. The minimum atomic E-state index is -0.395. The van der Waals surface area contributed by atoms with E-state index in [0.717, 1.165) is 35.0 Å². The Labute approximate surface area is 129 Å². The van der Waals surface area contributed by atoms with Gasteiger partial charge in [-0.2, -0.15) is 0 Å². The molecule has 0 aromatic heterocycles. The summed E-state index contributed by atoms with van der Waals surface area (Å²) >= 11 is 3.49. The zero-order chi connectivity index (χ0) is 14.4. The molecule has 1 aromatic rings.